The Balaban J connectivity index is 2.36. The highest BCUT2D eigenvalue weighted by Gasteiger charge is 2.08. The van der Waals surface area contributed by atoms with Gasteiger partial charge in [0.15, 0.2) is 0 Å². The largest absolute Gasteiger partial charge is 0.337 e. The van der Waals surface area contributed by atoms with E-state index in [1.807, 2.05) is 18.7 Å². The summed E-state index contributed by atoms with van der Waals surface area (Å²) < 4.78 is 2.11. The second kappa shape index (κ2) is 4.85. The van der Waals surface area contributed by atoms with E-state index in [4.69, 9.17) is 0 Å². The number of aromatic nitrogens is 2. The lowest BCUT2D eigenvalue weighted by Gasteiger charge is -2.16. The third kappa shape index (κ3) is 3.05. The Kier molecular flexibility index (Phi) is 3.74. The summed E-state index contributed by atoms with van der Waals surface area (Å²) in [6.45, 7) is 9.37. The summed E-state index contributed by atoms with van der Waals surface area (Å²) in [5, 5.41) is 0. The van der Waals surface area contributed by atoms with Crippen molar-refractivity contribution in [3.8, 4) is 0 Å². The third-order valence-electron chi connectivity index (χ3n) is 2.44. The Labute approximate surface area is 80.3 Å². The molecule has 0 aromatic carbocycles. The van der Waals surface area contributed by atoms with E-state index in [1.165, 1.54) is 0 Å². The van der Waals surface area contributed by atoms with Gasteiger partial charge in [-0.15, -0.1) is 6.58 Å². The Morgan fingerprint density at radius 3 is 2.77 bits per heavy atom. The van der Waals surface area contributed by atoms with Gasteiger partial charge >= 0.3 is 0 Å². The highest BCUT2D eigenvalue weighted by Crippen LogP contribution is 2.16. The summed E-state index contributed by atoms with van der Waals surface area (Å²) in [6.07, 6.45) is 8.89. The maximum atomic E-state index is 4.01. The molecule has 0 N–H and O–H groups in total. The summed E-state index contributed by atoms with van der Waals surface area (Å²) in [6, 6.07) is 0. The number of hydrogen-bond acceptors (Lipinski definition) is 1. The molecule has 0 fully saturated rings. The van der Waals surface area contributed by atoms with Crippen LogP contribution in [0.25, 0.3) is 0 Å². The summed E-state index contributed by atoms with van der Waals surface area (Å²) in [5.41, 5.74) is 0. The molecule has 0 aliphatic carbocycles. The van der Waals surface area contributed by atoms with Gasteiger partial charge in [0.05, 0.1) is 6.33 Å². The van der Waals surface area contributed by atoms with Crippen LogP contribution in [-0.2, 0) is 6.54 Å². The Bertz CT molecular complexity index is 237. The molecule has 1 rings (SSSR count). The topological polar surface area (TPSA) is 17.8 Å². The molecule has 1 unspecified atom stereocenters. The fourth-order valence-corrected chi connectivity index (χ4v) is 1.44. The van der Waals surface area contributed by atoms with E-state index in [0.29, 0.717) is 11.8 Å². The highest BCUT2D eigenvalue weighted by molar-refractivity contribution is 4.82. The smallest absolute Gasteiger partial charge is 0.0945 e. The van der Waals surface area contributed by atoms with E-state index in [0.717, 1.165) is 13.0 Å². The van der Waals surface area contributed by atoms with Crippen molar-refractivity contribution in [2.75, 3.05) is 0 Å². The summed E-state index contributed by atoms with van der Waals surface area (Å²) in [7, 11) is 0. The quantitative estimate of drug-likeness (QED) is 0.634. The van der Waals surface area contributed by atoms with E-state index in [9.17, 15) is 0 Å². The first kappa shape index (κ1) is 10.0. The molecule has 13 heavy (non-hydrogen) atoms. The molecule has 1 atom stereocenters. The van der Waals surface area contributed by atoms with Crippen molar-refractivity contribution in [1.29, 1.82) is 0 Å². The van der Waals surface area contributed by atoms with Crippen molar-refractivity contribution in [2.45, 2.75) is 26.8 Å². The van der Waals surface area contributed by atoms with Crippen LogP contribution in [-0.4, -0.2) is 9.55 Å². The Morgan fingerprint density at radius 2 is 2.31 bits per heavy atom. The zero-order valence-corrected chi connectivity index (χ0v) is 8.48. The lowest BCUT2D eigenvalue weighted by Crippen LogP contribution is -2.08. The predicted octanol–water partition coefficient (Wildman–Crippen LogP) is 2.73. The van der Waals surface area contributed by atoms with Crippen LogP contribution in [0.3, 0.4) is 0 Å². The van der Waals surface area contributed by atoms with Crippen molar-refractivity contribution in [3.63, 3.8) is 0 Å². The lowest BCUT2D eigenvalue weighted by atomic mass is 9.93. The first-order chi connectivity index (χ1) is 6.24. The zero-order chi connectivity index (χ0) is 9.68. The number of nitrogens with zero attached hydrogens (tertiary/aromatic N) is 2. The Morgan fingerprint density at radius 1 is 1.54 bits per heavy atom. The standard InChI is InChI=1S/C11H18N2/c1-4-11(10(2)3)5-7-13-8-6-12-9-13/h4,6,8-11H,1,5,7H2,2-3H3. The molecule has 0 saturated heterocycles. The number of hydrogen-bond donors (Lipinski definition) is 0. The van der Waals surface area contributed by atoms with Crippen LogP contribution in [0.15, 0.2) is 31.4 Å². The number of rotatable bonds is 5. The first-order valence-corrected chi connectivity index (χ1v) is 4.82. The fraction of sp³-hybridized carbons (Fsp3) is 0.545. The molecule has 2 heteroatoms. The molecule has 0 spiro atoms. The van der Waals surface area contributed by atoms with Gasteiger partial charge < -0.3 is 4.57 Å². The van der Waals surface area contributed by atoms with Crippen molar-refractivity contribution in [3.05, 3.63) is 31.4 Å². The van der Waals surface area contributed by atoms with Crippen LogP contribution in [0.2, 0.25) is 0 Å². The van der Waals surface area contributed by atoms with Gasteiger partial charge in [-0.25, -0.2) is 4.98 Å². The van der Waals surface area contributed by atoms with Gasteiger partial charge in [-0.05, 0) is 18.3 Å². The minimum atomic E-state index is 0.613. The van der Waals surface area contributed by atoms with Gasteiger partial charge in [-0.1, -0.05) is 19.9 Å². The minimum absolute atomic E-state index is 0.613. The van der Waals surface area contributed by atoms with Gasteiger partial charge in [0.1, 0.15) is 0 Å². The highest BCUT2D eigenvalue weighted by atomic mass is 15.0. The number of aryl methyl sites for hydroxylation is 1. The van der Waals surface area contributed by atoms with Crippen molar-refractivity contribution in [1.82, 2.24) is 9.55 Å². The maximum Gasteiger partial charge on any atom is 0.0945 e. The molecule has 0 radical (unpaired) electrons. The second-order valence-corrected chi connectivity index (χ2v) is 3.73. The molecule has 0 aliphatic rings. The molecule has 0 amide bonds. The van der Waals surface area contributed by atoms with E-state index >= 15 is 0 Å². The average Bonchev–Trinajstić information content (AvgIpc) is 2.57. The number of allylic oxidation sites excluding steroid dienone is 1. The van der Waals surface area contributed by atoms with E-state index in [2.05, 4.69) is 36.1 Å². The predicted molar refractivity (Wildman–Crippen MR) is 55.4 cm³/mol. The molecule has 1 aromatic rings. The average molecular weight is 178 g/mol. The van der Waals surface area contributed by atoms with Gasteiger partial charge in [-0.3, -0.25) is 0 Å². The zero-order valence-electron chi connectivity index (χ0n) is 8.48. The van der Waals surface area contributed by atoms with E-state index in [1.54, 1.807) is 0 Å². The molecule has 0 saturated carbocycles. The normalized spacial score (nSPS) is 13.2. The molecule has 1 aromatic heterocycles. The van der Waals surface area contributed by atoms with Gasteiger partial charge in [0.2, 0.25) is 0 Å². The van der Waals surface area contributed by atoms with Gasteiger partial charge in [0.25, 0.3) is 0 Å². The molecule has 1 heterocycles. The van der Waals surface area contributed by atoms with Crippen LogP contribution in [0.4, 0.5) is 0 Å². The maximum absolute atomic E-state index is 4.01. The lowest BCUT2D eigenvalue weighted by molar-refractivity contribution is 0.409. The molecule has 2 nitrogen and oxygen atoms in total. The first-order valence-electron chi connectivity index (χ1n) is 4.82. The van der Waals surface area contributed by atoms with Crippen LogP contribution in [0.1, 0.15) is 20.3 Å². The van der Waals surface area contributed by atoms with Crippen LogP contribution in [0, 0.1) is 11.8 Å². The SMILES string of the molecule is C=CC(CCn1ccnc1)C(C)C. The molecular weight excluding hydrogens is 160 g/mol. The van der Waals surface area contributed by atoms with Gasteiger partial charge in [0, 0.05) is 18.9 Å². The third-order valence-corrected chi connectivity index (χ3v) is 2.44. The molecule has 72 valence electrons. The van der Waals surface area contributed by atoms with Crippen LogP contribution < -0.4 is 0 Å². The molecular formula is C11H18N2. The van der Waals surface area contributed by atoms with E-state index < -0.39 is 0 Å². The minimum Gasteiger partial charge on any atom is -0.337 e. The molecule has 0 bridgehead atoms. The molecule has 0 aliphatic heterocycles. The summed E-state index contributed by atoms with van der Waals surface area (Å²) in [4.78, 5) is 4.01. The van der Waals surface area contributed by atoms with Crippen molar-refractivity contribution in [2.24, 2.45) is 11.8 Å². The fourth-order valence-electron chi connectivity index (χ4n) is 1.44. The van der Waals surface area contributed by atoms with Crippen molar-refractivity contribution < 1.29 is 0 Å². The second-order valence-electron chi connectivity index (χ2n) is 3.73. The number of imidazole rings is 1. The summed E-state index contributed by atoms with van der Waals surface area (Å²) >= 11 is 0. The van der Waals surface area contributed by atoms with Crippen molar-refractivity contribution >= 4 is 0 Å². The van der Waals surface area contributed by atoms with Crippen LogP contribution >= 0.6 is 0 Å². The van der Waals surface area contributed by atoms with E-state index in [-0.39, 0.29) is 0 Å². The summed E-state index contributed by atoms with van der Waals surface area (Å²) in [5.74, 6) is 1.29. The Hall–Kier alpha value is -1.05. The van der Waals surface area contributed by atoms with Crippen LogP contribution in [0.5, 0.6) is 0 Å². The van der Waals surface area contributed by atoms with Gasteiger partial charge in [-0.2, -0.15) is 0 Å². The monoisotopic (exact) mass is 178 g/mol.